The van der Waals surface area contributed by atoms with Crippen molar-refractivity contribution in [2.24, 2.45) is 5.41 Å². The first-order valence-corrected chi connectivity index (χ1v) is 5.95. The predicted octanol–water partition coefficient (Wildman–Crippen LogP) is 3.11. The molecule has 0 heterocycles. The fourth-order valence-corrected chi connectivity index (χ4v) is 2.00. The second-order valence-electron chi connectivity index (χ2n) is 4.87. The van der Waals surface area contributed by atoms with E-state index in [2.05, 4.69) is 18.3 Å². The highest BCUT2D eigenvalue weighted by Crippen LogP contribution is 2.48. The highest BCUT2D eigenvalue weighted by molar-refractivity contribution is 5.53. The van der Waals surface area contributed by atoms with Crippen LogP contribution in [0.25, 0.3) is 0 Å². The molecule has 3 heteroatoms. The van der Waals surface area contributed by atoms with Crippen LogP contribution in [0.1, 0.15) is 24.8 Å². The maximum atomic E-state index is 8.77. The van der Waals surface area contributed by atoms with Gasteiger partial charge >= 0.3 is 0 Å². The van der Waals surface area contributed by atoms with Crippen LogP contribution in [0.2, 0.25) is 0 Å². The third-order valence-corrected chi connectivity index (χ3v) is 3.50. The molecule has 90 valence electrons. The van der Waals surface area contributed by atoms with Crippen molar-refractivity contribution in [3.05, 3.63) is 23.8 Å². The van der Waals surface area contributed by atoms with Crippen LogP contribution in [-0.4, -0.2) is 13.7 Å². The second-order valence-corrected chi connectivity index (χ2v) is 4.87. The molecule has 1 fully saturated rings. The van der Waals surface area contributed by atoms with Crippen molar-refractivity contribution in [1.29, 1.82) is 5.26 Å². The smallest absolute Gasteiger partial charge is 0.119 e. The van der Waals surface area contributed by atoms with Gasteiger partial charge in [0.2, 0.25) is 0 Å². The van der Waals surface area contributed by atoms with Crippen LogP contribution in [-0.2, 0) is 0 Å². The standard InChI is InChI=1S/C14H18N2O/c1-11-9-12(17-2)3-4-13(11)16-10-14(5-6-14)7-8-15/h3-4,9,16H,5-7,10H2,1-2H3. The molecule has 3 nitrogen and oxygen atoms in total. The maximum Gasteiger partial charge on any atom is 0.119 e. The topological polar surface area (TPSA) is 45.0 Å². The number of methoxy groups -OCH3 is 1. The van der Waals surface area contributed by atoms with Crippen molar-refractivity contribution in [2.45, 2.75) is 26.2 Å². The maximum absolute atomic E-state index is 8.77. The summed E-state index contributed by atoms with van der Waals surface area (Å²) in [4.78, 5) is 0. The van der Waals surface area contributed by atoms with Gasteiger partial charge in [-0.1, -0.05) is 0 Å². The van der Waals surface area contributed by atoms with E-state index in [1.54, 1.807) is 7.11 Å². The second kappa shape index (κ2) is 4.67. The summed E-state index contributed by atoms with van der Waals surface area (Å²) in [6.07, 6.45) is 3.00. The molecular formula is C14H18N2O. The summed E-state index contributed by atoms with van der Waals surface area (Å²) in [6, 6.07) is 8.30. The van der Waals surface area contributed by atoms with Crippen molar-refractivity contribution < 1.29 is 4.74 Å². The van der Waals surface area contributed by atoms with Gasteiger partial charge in [-0.2, -0.15) is 5.26 Å². The summed E-state index contributed by atoms with van der Waals surface area (Å²) in [7, 11) is 1.67. The molecule has 0 radical (unpaired) electrons. The van der Waals surface area contributed by atoms with Crippen molar-refractivity contribution in [2.75, 3.05) is 19.0 Å². The van der Waals surface area contributed by atoms with E-state index in [-0.39, 0.29) is 5.41 Å². The number of nitrogens with zero attached hydrogens (tertiary/aromatic N) is 1. The number of rotatable bonds is 5. The normalized spacial score (nSPS) is 16.1. The van der Waals surface area contributed by atoms with E-state index in [9.17, 15) is 0 Å². The van der Waals surface area contributed by atoms with Crippen LogP contribution >= 0.6 is 0 Å². The number of anilines is 1. The van der Waals surface area contributed by atoms with Crippen LogP contribution in [0.4, 0.5) is 5.69 Å². The van der Waals surface area contributed by atoms with E-state index in [1.807, 2.05) is 18.2 Å². The van der Waals surface area contributed by atoms with Gasteiger partial charge in [-0.3, -0.25) is 0 Å². The van der Waals surface area contributed by atoms with Crippen molar-refractivity contribution in [1.82, 2.24) is 0 Å². The lowest BCUT2D eigenvalue weighted by Gasteiger charge is -2.15. The molecule has 1 aliphatic carbocycles. The molecular weight excluding hydrogens is 212 g/mol. The van der Waals surface area contributed by atoms with Gasteiger partial charge in [0.1, 0.15) is 5.75 Å². The number of ether oxygens (including phenoxy) is 1. The van der Waals surface area contributed by atoms with Gasteiger partial charge in [0.25, 0.3) is 0 Å². The molecule has 1 aromatic carbocycles. The minimum absolute atomic E-state index is 0.237. The van der Waals surface area contributed by atoms with Gasteiger partial charge in [0, 0.05) is 24.1 Å². The number of aryl methyl sites for hydroxylation is 1. The van der Waals surface area contributed by atoms with Gasteiger partial charge in [-0.05, 0) is 43.5 Å². The highest BCUT2D eigenvalue weighted by Gasteiger charge is 2.42. The van der Waals surface area contributed by atoms with E-state index in [4.69, 9.17) is 10.00 Å². The summed E-state index contributed by atoms with van der Waals surface area (Å²) in [5, 5.41) is 12.2. The third-order valence-electron chi connectivity index (χ3n) is 3.50. The van der Waals surface area contributed by atoms with Crippen molar-refractivity contribution in [3.63, 3.8) is 0 Å². The van der Waals surface area contributed by atoms with Gasteiger partial charge in [-0.15, -0.1) is 0 Å². The molecule has 1 saturated carbocycles. The first-order valence-electron chi connectivity index (χ1n) is 5.95. The largest absolute Gasteiger partial charge is 0.497 e. The Hall–Kier alpha value is -1.69. The lowest BCUT2D eigenvalue weighted by molar-refractivity contribution is 0.414. The molecule has 1 N–H and O–H groups in total. The number of hydrogen-bond donors (Lipinski definition) is 1. The fraction of sp³-hybridized carbons (Fsp3) is 0.500. The van der Waals surface area contributed by atoms with Crippen LogP contribution < -0.4 is 10.1 Å². The minimum Gasteiger partial charge on any atom is -0.497 e. The Labute approximate surface area is 102 Å². The molecule has 1 aromatic rings. The Bertz CT molecular complexity index is 444. The monoisotopic (exact) mass is 230 g/mol. The number of nitrogens with one attached hydrogen (secondary N) is 1. The van der Waals surface area contributed by atoms with Crippen LogP contribution in [0.5, 0.6) is 5.75 Å². The van der Waals surface area contributed by atoms with Crippen molar-refractivity contribution in [3.8, 4) is 11.8 Å². The van der Waals surface area contributed by atoms with E-state index in [1.165, 1.54) is 18.4 Å². The Morgan fingerprint density at radius 2 is 2.24 bits per heavy atom. The zero-order valence-corrected chi connectivity index (χ0v) is 10.4. The van der Waals surface area contributed by atoms with E-state index in [0.29, 0.717) is 6.42 Å². The average molecular weight is 230 g/mol. The molecule has 0 aromatic heterocycles. The molecule has 0 saturated heterocycles. The Morgan fingerprint density at radius 3 is 2.76 bits per heavy atom. The van der Waals surface area contributed by atoms with E-state index in [0.717, 1.165) is 18.0 Å². The van der Waals surface area contributed by atoms with Crippen LogP contribution in [0.3, 0.4) is 0 Å². The summed E-state index contributed by atoms with van der Waals surface area (Å²) in [6.45, 7) is 2.96. The fourth-order valence-electron chi connectivity index (χ4n) is 2.00. The van der Waals surface area contributed by atoms with Crippen molar-refractivity contribution >= 4 is 5.69 Å². The molecule has 17 heavy (non-hydrogen) atoms. The molecule has 0 aliphatic heterocycles. The summed E-state index contributed by atoms with van der Waals surface area (Å²) >= 11 is 0. The van der Waals surface area contributed by atoms with E-state index >= 15 is 0 Å². The molecule has 0 bridgehead atoms. The van der Waals surface area contributed by atoms with Gasteiger partial charge in [-0.25, -0.2) is 0 Å². The SMILES string of the molecule is COc1ccc(NCC2(CC#N)CC2)c(C)c1. The highest BCUT2D eigenvalue weighted by atomic mass is 16.5. The third kappa shape index (κ3) is 2.71. The first-order chi connectivity index (χ1) is 8.19. The number of benzene rings is 1. The quantitative estimate of drug-likeness (QED) is 0.845. The van der Waals surface area contributed by atoms with Gasteiger partial charge < -0.3 is 10.1 Å². The van der Waals surface area contributed by atoms with Gasteiger partial charge in [0.05, 0.1) is 13.2 Å². The lowest BCUT2D eigenvalue weighted by Crippen LogP contribution is -2.15. The van der Waals surface area contributed by atoms with Gasteiger partial charge in [0.15, 0.2) is 0 Å². The molecule has 2 rings (SSSR count). The summed E-state index contributed by atoms with van der Waals surface area (Å²) < 4.78 is 5.18. The first kappa shape index (κ1) is 11.8. The zero-order valence-electron chi connectivity index (χ0n) is 10.4. The lowest BCUT2D eigenvalue weighted by atomic mass is 10.0. The average Bonchev–Trinajstić information content (AvgIpc) is 3.08. The molecule has 0 spiro atoms. The molecule has 0 unspecified atom stereocenters. The predicted molar refractivity (Wildman–Crippen MR) is 68.1 cm³/mol. The molecule has 0 atom stereocenters. The molecule has 1 aliphatic rings. The molecule has 0 amide bonds. The Balaban J connectivity index is 1.98. The Kier molecular flexibility index (Phi) is 3.23. The minimum atomic E-state index is 0.237. The number of hydrogen-bond acceptors (Lipinski definition) is 3. The van der Waals surface area contributed by atoms with E-state index < -0.39 is 0 Å². The zero-order chi connectivity index (χ0) is 12.3. The number of nitriles is 1. The van der Waals surface area contributed by atoms with Crippen LogP contribution in [0, 0.1) is 23.7 Å². The summed E-state index contributed by atoms with van der Waals surface area (Å²) in [5.41, 5.74) is 2.55. The summed E-state index contributed by atoms with van der Waals surface area (Å²) in [5.74, 6) is 0.881. The Morgan fingerprint density at radius 1 is 1.47 bits per heavy atom. The van der Waals surface area contributed by atoms with Crippen LogP contribution in [0.15, 0.2) is 18.2 Å².